The lowest BCUT2D eigenvalue weighted by Crippen LogP contribution is -2.37. The number of alkyl halides is 3. The van der Waals surface area contributed by atoms with Gasteiger partial charge in [0.15, 0.2) is 5.69 Å². The van der Waals surface area contributed by atoms with Gasteiger partial charge in [0.25, 0.3) is 0 Å². The summed E-state index contributed by atoms with van der Waals surface area (Å²) in [7, 11) is 0. The highest BCUT2D eigenvalue weighted by atomic mass is 35.5. The first-order valence-electron chi connectivity index (χ1n) is 9.10. The van der Waals surface area contributed by atoms with Crippen molar-refractivity contribution in [1.29, 1.82) is 0 Å². The number of hydrogen-bond donors (Lipinski definition) is 0. The molecule has 3 heterocycles. The van der Waals surface area contributed by atoms with E-state index >= 15 is 0 Å². The number of halogens is 4. The van der Waals surface area contributed by atoms with Crippen molar-refractivity contribution in [1.82, 2.24) is 9.88 Å². The van der Waals surface area contributed by atoms with Crippen LogP contribution in [0.1, 0.15) is 27.6 Å². The number of rotatable bonds is 3. The summed E-state index contributed by atoms with van der Waals surface area (Å²) in [5, 5.41) is 0. The van der Waals surface area contributed by atoms with E-state index in [0.29, 0.717) is 28.6 Å². The van der Waals surface area contributed by atoms with Crippen molar-refractivity contribution in [3.63, 3.8) is 0 Å². The summed E-state index contributed by atoms with van der Waals surface area (Å²) in [6.45, 7) is 4.27. The largest absolute Gasteiger partial charge is 0.433 e. The Hall–Kier alpha value is -2.64. The molecule has 0 saturated heterocycles. The minimum atomic E-state index is -4.59. The number of nitrogens with zero attached hydrogens (tertiary/aromatic N) is 2. The van der Waals surface area contributed by atoms with E-state index < -0.39 is 11.9 Å². The lowest BCUT2D eigenvalue weighted by molar-refractivity contribution is -0.140. The molecule has 1 aliphatic rings. The Labute approximate surface area is 180 Å². The third-order valence-corrected chi connectivity index (χ3v) is 6.38. The van der Waals surface area contributed by atoms with E-state index in [4.69, 9.17) is 11.6 Å². The zero-order chi connectivity index (χ0) is 21.5. The molecule has 0 spiro atoms. The van der Waals surface area contributed by atoms with Crippen molar-refractivity contribution in [2.24, 2.45) is 0 Å². The molecule has 0 unspecified atom stereocenters. The van der Waals surface area contributed by atoms with Crippen molar-refractivity contribution in [3.05, 3.63) is 87.4 Å². The van der Waals surface area contributed by atoms with Crippen LogP contribution < -0.4 is 0 Å². The zero-order valence-corrected chi connectivity index (χ0v) is 17.2. The van der Waals surface area contributed by atoms with E-state index in [2.05, 4.69) is 11.6 Å². The Morgan fingerprint density at radius 1 is 1.20 bits per heavy atom. The summed E-state index contributed by atoms with van der Waals surface area (Å²) in [5.74, 6) is -0.552. The number of thiophene rings is 1. The van der Waals surface area contributed by atoms with Crippen LogP contribution in [-0.4, -0.2) is 22.3 Å². The van der Waals surface area contributed by atoms with Crippen molar-refractivity contribution < 1.29 is 18.0 Å². The van der Waals surface area contributed by atoms with E-state index in [1.807, 2.05) is 6.07 Å². The quantitative estimate of drug-likeness (QED) is 0.451. The van der Waals surface area contributed by atoms with Crippen LogP contribution in [0.5, 0.6) is 0 Å². The minimum Gasteiger partial charge on any atom is -0.333 e. The number of pyridine rings is 1. The van der Waals surface area contributed by atoms with Crippen LogP contribution in [0.4, 0.5) is 13.2 Å². The summed E-state index contributed by atoms with van der Waals surface area (Å²) in [6.07, 6.45) is -2.21. The summed E-state index contributed by atoms with van der Waals surface area (Å²) in [5.41, 5.74) is 1.13. The van der Waals surface area contributed by atoms with Gasteiger partial charge in [-0.05, 0) is 34.9 Å². The molecule has 2 aromatic heterocycles. The number of hydrogen-bond acceptors (Lipinski definition) is 3. The van der Waals surface area contributed by atoms with E-state index in [0.717, 1.165) is 16.6 Å². The molecule has 154 valence electrons. The Morgan fingerprint density at radius 3 is 2.67 bits per heavy atom. The molecular formula is C22H16ClF3N2OS. The van der Waals surface area contributed by atoms with Crippen LogP contribution in [0.3, 0.4) is 0 Å². The maximum absolute atomic E-state index is 13.6. The number of fused-ring (bicyclic) bond motifs is 1. The standard InChI is InChI=1S/C22H16ClF3N2OS/c1-2-20(29)28-11-17(16-10-19(23)30-18(16)12-28)14-7-4-3-6-13(14)15-8-5-9-27-21(15)22(24,25)26/h2-10,17H,1,11-12H2/t17-/m0/s1. The smallest absolute Gasteiger partial charge is 0.333 e. The number of benzene rings is 1. The normalized spacial score (nSPS) is 16.3. The van der Waals surface area contributed by atoms with Crippen LogP contribution in [0.2, 0.25) is 4.34 Å². The summed E-state index contributed by atoms with van der Waals surface area (Å²) in [4.78, 5) is 18.5. The van der Waals surface area contributed by atoms with Gasteiger partial charge in [-0.3, -0.25) is 9.78 Å². The lowest BCUT2D eigenvalue weighted by Gasteiger charge is -2.33. The van der Waals surface area contributed by atoms with Crippen LogP contribution in [0, 0.1) is 0 Å². The molecule has 0 N–H and O–H groups in total. The summed E-state index contributed by atoms with van der Waals surface area (Å²) in [6, 6.07) is 11.7. The molecule has 0 saturated carbocycles. The maximum Gasteiger partial charge on any atom is 0.433 e. The van der Waals surface area contributed by atoms with Gasteiger partial charge in [-0.25, -0.2) is 0 Å². The Morgan fingerprint density at radius 2 is 1.93 bits per heavy atom. The van der Waals surface area contributed by atoms with Crippen molar-refractivity contribution >= 4 is 28.8 Å². The molecule has 0 radical (unpaired) electrons. The molecule has 1 amide bonds. The van der Waals surface area contributed by atoms with Gasteiger partial charge in [0, 0.05) is 29.1 Å². The van der Waals surface area contributed by atoms with Crippen LogP contribution in [0.15, 0.2) is 61.3 Å². The first kappa shape index (κ1) is 20.6. The Balaban J connectivity index is 1.89. The van der Waals surface area contributed by atoms with E-state index in [1.165, 1.54) is 29.5 Å². The third-order valence-electron chi connectivity index (χ3n) is 5.11. The number of aromatic nitrogens is 1. The molecule has 30 heavy (non-hydrogen) atoms. The molecule has 1 aromatic carbocycles. The van der Waals surface area contributed by atoms with Gasteiger partial charge in [0.2, 0.25) is 5.91 Å². The molecule has 0 aliphatic carbocycles. The number of carbonyl (C=O) groups excluding carboxylic acids is 1. The van der Waals surface area contributed by atoms with Gasteiger partial charge in [-0.1, -0.05) is 48.5 Å². The van der Waals surface area contributed by atoms with Crippen LogP contribution in [-0.2, 0) is 17.5 Å². The number of amides is 1. The fourth-order valence-corrected chi connectivity index (χ4v) is 5.20. The predicted molar refractivity (Wildman–Crippen MR) is 111 cm³/mol. The van der Waals surface area contributed by atoms with Crippen LogP contribution in [0.25, 0.3) is 11.1 Å². The predicted octanol–water partition coefficient (Wildman–Crippen LogP) is 6.14. The molecule has 0 bridgehead atoms. The van der Waals surface area contributed by atoms with Gasteiger partial charge < -0.3 is 4.90 Å². The highest BCUT2D eigenvalue weighted by Gasteiger charge is 2.37. The van der Waals surface area contributed by atoms with Gasteiger partial charge in [0.05, 0.1) is 10.9 Å². The molecule has 3 nitrogen and oxygen atoms in total. The average molecular weight is 449 g/mol. The molecule has 1 aliphatic heterocycles. The average Bonchev–Trinajstić information content (AvgIpc) is 3.12. The summed E-state index contributed by atoms with van der Waals surface area (Å²) >= 11 is 7.62. The van der Waals surface area contributed by atoms with Gasteiger partial charge in [-0.2, -0.15) is 13.2 Å². The second-order valence-corrected chi connectivity index (χ2v) is 8.66. The molecule has 8 heteroatoms. The lowest BCUT2D eigenvalue weighted by atomic mass is 9.83. The van der Waals surface area contributed by atoms with E-state index in [1.54, 1.807) is 29.2 Å². The van der Waals surface area contributed by atoms with Crippen molar-refractivity contribution in [2.45, 2.75) is 18.6 Å². The fraction of sp³-hybridized carbons (Fsp3) is 0.182. The molecular weight excluding hydrogens is 433 g/mol. The SMILES string of the molecule is C=CC(=O)N1Cc2sc(Cl)cc2[C@H](c2ccccc2-c2cccnc2C(F)(F)F)C1. The van der Waals surface area contributed by atoms with Crippen molar-refractivity contribution in [3.8, 4) is 11.1 Å². The van der Waals surface area contributed by atoms with Crippen molar-refractivity contribution in [2.75, 3.05) is 6.54 Å². The third kappa shape index (κ3) is 3.75. The minimum absolute atomic E-state index is 0.00986. The van der Waals surface area contributed by atoms with E-state index in [9.17, 15) is 18.0 Å². The highest BCUT2D eigenvalue weighted by molar-refractivity contribution is 7.16. The molecule has 4 rings (SSSR count). The summed E-state index contributed by atoms with van der Waals surface area (Å²) < 4.78 is 41.4. The van der Waals surface area contributed by atoms with Gasteiger partial charge >= 0.3 is 6.18 Å². The monoisotopic (exact) mass is 448 g/mol. The molecule has 3 aromatic rings. The fourth-order valence-electron chi connectivity index (χ4n) is 3.84. The van der Waals surface area contributed by atoms with Gasteiger partial charge in [-0.15, -0.1) is 11.3 Å². The van der Waals surface area contributed by atoms with E-state index in [-0.39, 0.29) is 17.4 Å². The molecule has 1 atom stereocenters. The molecule has 0 fully saturated rings. The van der Waals surface area contributed by atoms with Gasteiger partial charge in [0.1, 0.15) is 0 Å². The highest BCUT2D eigenvalue weighted by Crippen LogP contribution is 2.44. The van der Waals surface area contributed by atoms with Crippen LogP contribution >= 0.6 is 22.9 Å². The Bertz CT molecular complexity index is 1130. The number of carbonyl (C=O) groups is 1. The second-order valence-electron chi connectivity index (χ2n) is 6.89. The maximum atomic E-state index is 13.6. The first-order chi connectivity index (χ1) is 14.3. The Kier molecular flexibility index (Phi) is 5.42. The zero-order valence-electron chi connectivity index (χ0n) is 15.6. The first-order valence-corrected chi connectivity index (χ1v) is 10.3. The second kappa shape index (κ2) is 7.89. The topological polar surface area (TPSA) is 33.2 Å².